The van der Waals surface area contributed by atoms with Gasteiger partial charge in [-0.1, -0.05) is 13.3 Å². The van der Waals surface area contributed by atoms with Crippen molar-refractivity contribution in [2.75, 3.05) is 6.54 Å². The zero-order valence-corrected chi connectivity index (χ0v) is 8.89. The topological polar surface area (TPSA) is 60.2 Å². The highest BCUT2D eigenvalue weighted by atomic mass is 32.2. The minimum atomic E-state index is -2.98. The SMILES string of the molecule is CCCC(C)S(=O)(=O)C(C)CN. The van der Waals surface area contributed by atoms with Gasteiger partial charge in [-0.05, 0) is 20.3 Å². The average molecular weight is 193 g/mol. The van der Waals surface area contributed by atoms with Crippen LogP contribution in [0.4, 0.5) is 0 Å². The van der Waals surface area contributed by atoms with Gasteiger partial charge in [0.25, 0.3) is 0 Å². The maximum Gasteiger partial charge on any atom is 0.156 e. The molecule has 0 aliphatic heterocycles. The third-order valence-electron chi connectivity index (χ3n) is 2.15. The minimum absolute atomic E-state index is 0.219. The second-order valence-corrected chi connectivity index (χ2v) is 6.02. The molecule has 0 aromatic rings. The summed E-state index contributed by atoms with van der Waals surface area (Å²) in [6, 6.07) is 0. The van der Waals surface area contributed by atoms with E-state index < -0.39 is 15.1 Å². The van der Waals surface area contributed by atoms with Crippen molar-refractivity contribution in [2.45, 2.75) is 44.1 Å². The molecule has 2 unspecified atom stereocenters. The molecule has 0 fully saturated rings. The molecule has 74 valence electrons. The van der Waals surface area contributed by atoms with Gasteiger partial charge in [-0.25, -0.2) is 8.42 Å². The fourth-order valence-electron chi connectivity index (χ4n) is 1.10. The largest absolute Gasteiger partial charge is 0.329 e. The quantitative estimate of drug-likeness (QED) is 0.707. The van der Waals surface area contributed by atoms with E-state index >= 15 is 0 Å². The number of nitrogens with two attached hydrogens (primary N) is 1. The highest BCUT2D eigenvalue weighted by molar-refractivity contribution is 7.92. The van der Waals surface area contributed by atoms with Crippen molar-refractivity contribution in [1.82, 2.24) is 0 Å². The first kappa shape index (κ1) is 11.9. The van der Waals surface area contributed by atoms with Gasteiger partial charge in [-0.2, -0.15) is 0 Å². The Morgan fingerprint density at radius 2 is 1.75 bits per heavy atom. The lowest BCUT2D eigenvalue weighted by Gasteiger charge is -2.16. The summed E-state index contributed by atoms with van der Waals surface area (Å²) < 4.78 is 23.1. The molecule has 0 heterocycles. The Kier molecular flexibility index (Phi) is 4.78. The van der Waals surface area contributed by atoms with Crippen LogP contribution in [0.1, 0.15) is 33.6 Å². The molecular weight excluding hydrogens is 174 g/mol. The monoisotopic (exact) mass is 193 g/mol. The van der Waals surface area contributed by atoms with Crippen molar-refractivity contribution in [3.63, 3.8) is 0 Å². The Labute approximate surface area is 75.3 Å². The Balaban J connectivity index is 4.39. The van der Waals surface area contributed by atoms with Crippen molar-refractivity contribution in [1.29, 1.82) is 0 Å². The first-order valence-electron chi connectivity index (χ1n) is 4.39. The van der Waals surface area contributed by atoms with Crippen LogP contribution in [0.15, 0.2) is 0 Å². The standard InChI is InChI=1S/C8H19NO2S/c1-4-5-7(2)12(10,11)8(3)6-9/h7-8H,4-6,9H2,1-3H3. The van der Waals surface area contributed by atoms with E-state index in [2.05, 4.69) is 0 Å². The van der Waals surface area contributed by atoms with E-state index in [-0.39, 0.29) is 11.8 Å². The van der Waals surface area contributed by atoms with Gasteiger partial charge in [-0.3, -0.25) is 0 Å². The highest BCUT2D eigenvalue weighted by Crippen LogP contribution is 2.13. The highest BCUT2D eigenvalue weighted by Gasteiger charge is 2.25. The van der Waals surface area contributed by atoms with Crippen LogP contribution in [-0.2, 0) is 9.84 Å². The number of rotatable bonds is 5. The smallest absolute Gasteiger partial charge is 0.156 e. The van der Waals surface area contributed by atoms with Gasteiger partial charge in [0.2, 0.25) is 0 Å². The van der Waals surface area contributed by atoms with E-state index in [9.17, 15) is 8.42 Å². The molecule has 0 amide bonds. The van der Waals surface area contributed by atoms with Crippen molar-refractivity contribution in [2.24, 2.45) is 5.73 Å². The summed E-state index contributed by atoms with van der Waals surface area (Å²) in [5.41, 5.74) is 5.31. The van der Waals surface area contributed by atoms with Crippen molar-refractivity contribution < 1.29 is 8.42 Å². The summed E-state index contributed by atoms with van der Waals surface area (Å²) in [6.45, 7) is 5.63. The molecule has 2 atom stereocenters. The number of hydrogen-bond donors (Lipinski definition) is 1. The minimum Gasteiger partial charge on any atom is -0.329 e. The zero-order chi connectivity index (χ0) is 9.78. The van der Waals surface area contributed by atoms with E-state index in [1.54, 1.807) is 13.8 Å². The molecule has 3 nitrogen and oxygen atoms in total. The Bertz CT molecular complexity index is 211. The summed E-state index contributed by atoms with van der Waals surface area (Å²) >= 11 is 0. The van der Waals surface area contributed by atoms with Crippen LogP contribution >= 0.6 is 0 Å². The normalized spacial score (nSPS) is 17.3. The van der Waals surface area contributed by atoms with Gasteiger partial charge in [0.1, 0.15) is 0 Å². The summed E-state index contributed by atoms with van der Waals surface area (Å²) in [5.74, 6) is 0. The summed E-state index contributed by atoms with van der Waals surface area (Å²) in [6.07, 6.45) is 1.63. The second kappa shape index (κ2) is 4.82. The van der Waals surface area contributed by atoms with Crippen LogP contribution in [0.25, 0.3) is 0 Å². The molecule has 0 aliphatic carbocycles. The predicted molar refractivity (Wildman–Crippen MR) is 51.8 cm³/mol. The summed E-state index contributed by atoms with van der Waals surface area (Å²) in [7, 11) is -2.98. The lowest BCUT2D eigenvalue weighted by Crippen LogP contribution is -2.33. The van der Waals surface area contributed by atoms with Crippen molar-refractivity contribution >= 4 is 9.84 Å². The van der Waals surface area contributed by atoms with E-state index in [0.29, 0.717) is 0 Å². The third-order valence-corrected chi connectivity index (χ3v) is 4.82. The number of hydrogen-bond acceptors (Lipinski definition) is 3. The maximum atomic E-state index is 11.6. The second-order valence-electron chi connectivity index (χ2n) is 3.23. The lowest BCUT2D eigenvalue weighted by molar-refractivity contribution is 0.563. The first-order chi connectivity index (χ1) is 5.46. The average Bonchev–Trinajstić information content (AvgIpc) is 2.03. The molecule has 0 bridgehead atoms. The molecule has 0 aromatic heterocycles. The van der Waals surface area contributed by atoms with E-state index in [1.165, 1.54) is 0 Å². The molecular formula is C8H19NO2S. The summed E-state index contributed by atoms with van der Waals surface area (Å²) in [5, 5.41) is -0.653. The van der Waals surface area contributed by atoms with Gasteiger partial charge in [-0.15, -0.1) is 0 Å². The van der Waals surface area contributed by atoms with Crippen LogP contribution < -0.4 is 5.73 Å². The van der Waals surface area contributed by atoms with E-state index in [1.807, 2.05) is 6.92 Å². The van der Waals surface area contributed by atoms with Crippen LogP contribution in [0, 0.1) is 0 Å². The van der Waals surface area contributed by atoms with Crippen LogP contribution in [-0.4, -0.2) is 25.5 Å². The molecule has 2 N–H and O–H groups in total. The van der Waals surface area contributed by atoms with Gasteiger partial charge >= 0.3 is 0 Å². The fourth-order valence-corrected chi connectivity index (χ4v) is 2.73. The molecule has 0 rings (SSSR count). The molecule has 0 saturated carbocycles. The Morgan fingerprint density at radius 1 is 1.25 bits per heavy atom. The molecule has 12 heavy (non-hydrogen) atoms. The van der Waals surface area contributed by atoms with E-state index in [4.69, 9.17) is 5.73 Å². The predicted octanol–water partition coefficient (Wildman–Crippen LogP) is 0.937. The Morgan fingerprint density at radius 3 is 2.08 bits per heavy atom. The van der Waals surface area contributed by atoms with Gasteiger partial charge in [0.15, 0.2) is 9.84 Å². The van der Waals surface area contributed by atoms with Crippen molar-refractivity contribution in [3.8, 4) is 0 Å². The Hall–Kier alpha value is -0.0900. The zero-order valence-electron chi connectivity index (χ0n) is 8.08. The van der Waals surface area contributed by atoms with Gasteiger partial charge < -0.3 is 5.73 Å². The molecule has 0 aromatic carbocycles. The van der Waals surface area contributed by atoms with Crippen LogP contribution in [0.2, 0.25) is 0 Å². The lowest BCUT2D eigenvalue weighted by atomic mass is 10.3. The van der Waals surface area contributed by atoms with Gasteiger partial charge in [0, 0.05) is 6.54 Å². The summed E-state index contributed by atoms with van der Waals surface area (Å²) in [4.78, 5) is 0. The molecule has 0 radical (unpaired) electrons. The third kappa shape index (κ3) is 2.75. The van der Waals surface area contributed by atoms with Crippen molar-refractivity contribution in [3.05, 3.63) is 0 Å². The molecule has 0 saturated heterocycles. The number of sulfone groups is 1. The van der Waals surface area contributed by atoms with Gasteiger partial charge in [0.05, 0.1) is 10.5 Å². The molecule has 0 spiro atoms. The fraction of sp³-hybridized carbons (Fsp3) is 1.00. The first-order valence-corrected chi connectivity index (χ1v) is 6.00. The molecule has 4 heteroatoms. The molecule has 0 aliphatic rings. The van der Waals surface area contributed by atoms with E-state index in [0.717, 1.165) is 12.8 Å². The van der Waals surface area contributed by atoms with Crippen LogP contribution in [0.3, 0.4) is 0 Å². The maximum absolute atomic E-state index is 11.6. The van der Waals surface area contributed by atoms with Crippen LogP contribution in [0.5, 0.6) is 0 Å².